The Hall–Kier alpha value is -2.46. The Morgan fingerprint density at radius 1 is 1.27 bits per heavy atom. The summed E-state index contributed by atoms with van der Waals surface area (Å²) < 4.78 is 5.28. The van der Waals surface area contributed by atoms with Crippen molar-refractivity contribution in [3.8, 4) is 5.75 Å². The second-order valence-electron chi connectivity index (χ2n) is 4.89. The van der Waals surface area contributed by atoms with Crippen LogP contribution in [-0.4, -0.2) is 18.0 Å². The van der Waals surface area contributed by atoms with Crippen molar-refractivity contribution in [2.24, 2.45) is 0 Å². The number of H-pyrrole nitrogens is 1. The Morgan fingerprint density at radius 2 is 2.09 bits per heavy atom. The second kappa shape index (κ2) is 6.12. The zero-order valence-corrected chi connectivity index (χ0v) is 12.8. The maximum atomic E-state index is 12.4. The zero-order chi connectivity index (χ0) is 15.5. The van der Waals surface area contributed by atoms with Gasteiger partial charge in [-0.05, 0) is 24.3 Å². The number of carbonyl (C=O) groups is 1. The van der Waals surface area contributed by atoms with Crippen LogP contribution in [0.2, 0.25) is 5.02 Å². The van der Waals surface area contributed by atoms with E-state index in [0.717, 1.165) is 22.2 Å². The highest BCUT2D eigenvalue weighted by Gasteiger charge is 2.12. The standard InChI is InChI=1S/C17H15ClN2O2/c1-22-16-5-3-2-4-11(16)9-20-17(21)14-10-19-15-7-6-12(18)8-13(14)15/h2-8,10,19H,9H2,1H3,(H,20,21). The van der Waals surface area contributed by atoms with Gasteiger partial charge in [-0.25, -0.2) is 0 Å². The summed E-state index contributed by atoms with van der Waals surface area (Å²) in [5.74, 6) is 0.601. The van der Waals surface area contributed by atoms with Crippen LogP contribution in [0.3, 0.4) is 0 Å². The van der Waals surface area contributed by atoms with E-state index in [1.807, 2.05) is 30.3 Å². The van der Waals surface area contributed by atoms with E-state index >= 15 is 0 Å². The molecule has 1 amide bonds. The average molecular weight is 315 g/mol. The molecule has 2 aromatic carbocycles. The van der Waals surface area contributed by atoms with Gasteiger partial charge in [-0.1, -0.05) is 29.8 Å². The molecule has 112 valence electrons. The first-order valence-corrected chi connectivity index (χ1v) is 7.23. The van der Waals surface area contributed by atoms with E-state index in [4.69, 9.17) is 16.3 Å². The number of aromatic amines is 1. The Labute approximate surface area is 133 Å². The zero-order valence-electron chi connectivity index (χ0n) is 12.0. The number of nitrogens with one attached hydrogen (secondary N) is 2. The molecule has 5 heteroatoms. The third-order valence-electron chi connectivity index (χ3n) is 3.52. The number of benzene rings is 2. The molecular weight excluding hydrogens is 300 g/mol. The Bertz CT molecular complexity index is 826. The first-order valence-electron chi connectivity index (χ1n) is 6.86. The van der Waals surface area contributed by atoms with Crippen LogP contribution in [0.5, 0.6) is 5.75 Å². The molecule has 0 aliphatic rings. The van der Waals surface area contributed by atoms with E-state index in [-0.39, 0.29) is 5.91 Å². The van der Waals surface area contributed by atoms with Gasteiger partial charge in [0, 0.05) is 34.2 Å². The normalized spacial score (nSPS) is 10.6. The summed E-state index contributed by atoms with van der Waals surface area (Å²) in [4.78, 5) is 15.5. The van der Waals surface area contributed by atoms with Crippen LogP contribution < -0.4 is 10.1 Å². The molecule has 0 aliphatic heterocycles. The monoisotopic (exact) mass is 314 g/mol. The van der Waals surface area contributed by atoms with Crippen LogP contribution in [0.4, 0.5) is 0 Å². The Balaban J connectivity index is 1.80. The number of hydrogen-bond acceptors (Lipinski definition) is 2. The minimum atomic E-state index is -0.153. The summed E-state index contributed by atoms with van der Waals surface area (Å²) in [6.07, 6.45) is 1.69. The van der Waals surface area contributed by atoms with Crippen LogP contribution in [0, 0.1) is 0 Å². The van der Waals surface area contributed by atoms with E-state index in [1.54, 1.807) is 25.4 Å². The van der Waals surface area contributed by atoms with Crippen molar-refractivity contribution in [1.29, 1.82) is 0 Å². The number of hydrogen-bond donors (Lipinski definition) is 2. The number of rotatable bonds is 4. The molecule has 0 aliphatic carbocycles. The van der Waals surface area contributed by atoms with Gasteiger partial charge in [0.2, 0.25) is 0 Å². The lowest BCUT2D eigenvalue weighted by Crippen LogP contribution is -2.22. The fourth-order valence-electron chi connectivity index (χ4n) is 2.40. The van der Waals surface area contributed by atoms with E-state index in [0.29, 0.717) is 17.1 Å². The molecule has 2 N–H and O–H groups in total. The lowest BCUT2D eigenvalue weighted by Gasteiger charge is -2.09. The highest BCUT2D eigenvalue weighted by Crippen LogP contribution is 2.23. The quantitative estimate of drug-likeness (QED) is 0.770. The number of methoxy groups -OCH3 is 1. The van der Waals surface area contributed by atoms with E-state index in [9.17, 15) is 4.79 Å². The summed E-state index contributed by atoms with van der Waals surface area (Å²) in [7, 11) is 1.61. The molecule has 4 nitrogen and oxygen atoms in total. The Kier molecular flexibility index (Phi) is 4.02. The van der Waals surface area contributed by atoms with Gasteiger partial charge in [0.25, 0.3) is 5.91 Å². The van der Waals surface area contributed by atoms with Crippen molar-refractivity contribution in [3.05, 3.63) is 64.8 Å². The van der Waals surface area contributed by atoms with E-state index < -0.39 is 0 Å². The number of carbonyl (C=O) groups excluding carboxylic acids is 1. The van der Waals surface area contributed by atoms with Gasteiger partial charge < -0.3 is 15.0 Å². The molecular formula is C17H15ClN2O2. The summed E-state index contributed by atoms with van der Waals surface area (Å²) in [6.45, 7) is 0.399. The van der Waals surface area contributed by atoms with Gasteiger partial charge in [0.05, 0.1) is 12.7 Å². The molecule has 1 aromatic heterocycles. The molecule has 0 bridgehead atoms. The van der Waals surface area contributed by atoms with E-state index in [1.165, 1.54) is 0 Å². The van der Waals surface area contributed by atoms with E-state index in [2.05, 4.69) is 10.3 Å². The minimum absolute atomic E-state index is 0.153. The molecule has 0 unspecified atom stereocenters. The topological polar surface area (TPSA) is 54.1 Å². The number of fused-ring (bicyclic) bond motifs is 1. The first kappa shape index (κ1) is 14.5. The van der Waals surface area contributed by atoms with Crippen molar-refractivity contribution in [1.82, 2.24) is 10.3 Å². The van der Waals surface area contributed by atoms with Crippen molar-refractivity contribution < 1.29 is 9.53 Å². The fourth-order valence-corrected chi connectivity index (χ4v) is 2.57. The molecule has 3 rings (SSSR count). The maximum absolute atomic E-state index is 12.4. The maximum Gasteiger partial charge on any atom is 0.253 e. The van der Waals surface area contributed by atoms with Gasteiger partial charge in [0.15, 0.2) is 0 Å². The van der Waals surface area contributed by atoms with Crippen molar-refractivity contribution in [2.45, 2.75) is 6.54 Å². The predicted octanol–water partition coefficient (Wildman–Crippen LogP) is 3.76. The van der Waals surface area contributed by atoms with Gasteiger partial charge in [0.1, 0.15) is 5.75 Å². The number of para-hydroxylation sites is 1. The molecule has 0 fully saturated rings. The minimum Gasteiger partial charge on any atom is -0.496 e. The van der Waals surface area contributed by atoms with Crippen molar-refractivity contribution in [3.63, 3.8) is 0 Å². The fraction of sp³-hybridized carbons (Fsp3) is 0.118. The van der Waals surface area contributed by atoms with Gasteiger partial charge in [-0.15, -0.1) is 0 Å². The number of aromatic nitrogens is 1. The smallest absolute Gasteiger partial charge is 0.253 e. The summed E-state index contributed by atoms with van der Waals surface area (Å²) in [5.41, 5.74) is 2.38. The third kappa shape index (κ3) is 2.78. The molecule has 0 saturated carbocycles. The number of ether oxygens (including phenoxy) is 1. The van der Waals surface area contributed by atoms with Gasteiger partial charge in [-0.2, -0.15) is 0 Å². The highest BCUT2D eigenvalue weighted by molar-refractivity contribution is 6.31. The second-order valence-corrected chi connectivity index (χ2v) is 5.32. The molecule has 3 aromatic rings. The van der Waals surface area contributed by atoms with Crippen LogP contribution in [0.1, 0.15) is 15.9 Å². The molecule has 22 heavy (non-hydrogen) atoms. The van der Waals surface area contributed by atoms with Crippen molar-refractivity contribution >= 4 is 28.4 Å². The molecule has 0 saturated heterocycles. The summed E-state index contributed by atoms with van der Waals surface area (Å²) >= 11 is 6.00. The van der Waals surface area contributed by atoms with Gasteiger partial charge in [-0.3, -0.25) is 4.79 Å². The average Bonchev–Trinajstić information content (AvgIpc) is 2.95. The van der Waals surface area contributed by atoms with Gasteiger partial charge >= 0.3 is 0 Å². The van der Waals surface area contributed by atoms with Crippen LogP contribution in [0.15, 0.2) is 48.7 Å². The number of amides is 1. The third-order valence-corrected chi connectivity index (χ3v) is 3.76. The van der Waals surface area contributed by atoms with Crippen molar-refractivity contribution in [2.75, 3.05) is 7.11 Å². The molecule has 0 radical (unpaired) electrons. The lowest BCUT2D eigenvalue weighted by atomic mass is 10.1. The first-order chi connectivity index (χ1) is 10.7. The molecule has 1 heterocycles. The molecule has 0 spiro atoms. The Morgan fingerprint density at radius 3 is 2.91 bits per heavy atom. The van der Waals surface area contributed by atoms with Crippen LogP contribution in [0.25, 0.3) is 10.9 Å². The molecule has 0 atom stereocenters. The summed E-state index contributed by atoms with van der Waals surface area (Å²) in [5, 5.41) is 4.32. The largest absolute Gasteiger partial charge is 0.496 e. The summed E-state index contributed by atoms with van der Waals surface area (Å²) in [6, 6.07) is 13.0. The predicted molar refractivity (Wildman–Crippen MR) is 87.5 cm³/mol. The van der Waals surface area contributed by atoms with Crippen LogP contribution >= 0.6 is 11.6 Å². The lowest BCUT2D eigenvalue weighted by molar-refractivity contribution is 0.0952. The highest BCUT2D eigenvalue weighted by atomic mass is 35.5. The number of halogens is 1. The van der Waals surface area contributed by atoms with Crippen LogP contribution in [-0.2, 0) is 6.54 Å². The SMILES string of the molecule is COc1ccccc1CNC(=O)c1c[nH]c2ccc(Cl)cc12.